The molecule has 0 radical (unpaired) electrons. The molecule has 0 saturated heterocycles. The maximum atomic E-state index is 13.4. The Hall–Kier alpha value is -4.35. The Morgan fingerprint density at radius 3 is 1.94 bits per heavy atom. The molecule has 1 aromatic heterocycles. The quantitative estimate of drug-likeness (QED) is 0.263. The van der Waals surface area contributed by atoms with Crippen LogP contribution >= 0.6 is 11.3 Å². The minimum atomic E-state index is -0.332. The molecule has 4 nitrogen and oxygen atoms in total. The van der Waals surface area contributed by atoms with Gasteiger partial charge in [-0.05, 0) is 41.3 Å². The summed E-state index contributed by atoms with van der Waals surface area (Å²) in [4.78, 5) is 31.5. The Kier molecular flexibility index (Phi) is 6.33. The first kappa shape index (κ1) is 22.4. The number of benzene rings is 4. The molecule has 1 N–H and O–H groups in total. The minimum Gasteiger partial charge on any atom is -0.321 e. The number of aromatic nitrogens is 1. The zero-order chi connectivity index (χ0) is 24.2. The first-order valence-corrected chi connectivity index (χ1v) is 12.1. The number of amides is 1. The Morgan fingerprint density at radius 1 is 0.686 bits per heavy atom. The van der Waals surface area contributed by atoms with Crippen molar-refractivity contribution in [2.45, 2.75) is 6.92 Å². The third kappa shape index (κ3) is 4.81. The molecule has 1 heterocycles. The van der Waals surface area contributed by atoms with Crippen LogP contribution < -0.4 is 5.32 Å². The normalized spacial score (nSPS) is 10.7. The Labute approximate surface area is 207 Å². The summed E-state index contributed by atoms with van der Waals surface area (Å²) in [7, 11) is 0. The summed E-state index contributed by atoms with van der Waals surface area (Å²) in [5.41, 5.74) is 5.48. The Morgan fingerprint density at radius 2 is 1.26 bits per heavy atom. The predicted octanol–water partition coefficient (Wildman–Crippen LogP) is 7.27. The molecule has 5 aromatic rings. The summed E-state index contributed by atoms with van der Waals surface area (Å²) >= 11 is 1.24. The molecule has 4 aromatic carbocycles. The van der Waals surface area contributed by atoms with Crippen LogP contribution in [0.5, 0.6) is 0 Å². The highest BCUT2D eigenvalue weighted by Gasteiger charge is 2.22. The van der Waals surface area contributed by atoms with E-state index in [0.717, 1.165) is 22.3 Å². The van der Waals surface area contributed by atoms with E-state index in [0.29, 0.717) is 21.1 Å². The smallest absolute Gasteiger partial charge is 0.275 e. The van der Waals surface area contributed by atoms with Crippen molar-refractivity contribution in [1.29, 1.82) is 0 Å². The van der Waals surface area contributed by atoms with Gasteiger partial charge in [0.15, 0.2) is 5.01 Å². The lowest BCUT2D eigenvalue weighted by Gasteiger charge is -2.07. The number of nitrogens with zero attached hydrogens (tertiary/aromatic N) is 1. The zero-order valence-electron chi connectivity index (χ0n) is 19.1. The van der Waals surface area contributed by atoms with Crippen molar-refractivity contribution in [1.82, 2.24) is 4.98 Å². The van der Waals surface area contributed by atoms with Crippen molar-refractivity contribution in [2.24, 2.45) is 0 Å². The highest BCUT2D eigenvalue weighted by Crippen LogP contribution is 2.28. The molecular weight excluding hydrogens is 452 g/mol. The van der Waals surface area contributed by atoms with Gasteiger partial charge < -0.3 is 5.32 Å². The summed E-state index contributed by atoms with van der Waals surface area (Å²) in [5, 5.41) is 3.20. The molecule has 0 aliphatic heterocycles. The molecule has 5 rings (SSSR count). The second kappa shape index (κ2) is 9.87. The molecule has 0 spiro atoms. The molecule has 170 valence electrons. The maximum absolute atomic E-state index is 13.4. The second-order valence-corrected chi connectivity index (χ2v) is 9.27. The van der Waals surface area contributed by atoms with E-state index in [9.17, 15) is 9.59 Å². The van der Waals surface area contributed by atoms with Gasteiger partial charge in [-0.2, -0.15) is 0 Å². The van der Waals surface area contributed by atoms with E-state index in [1.807, 2.05) is 110 Å². The van der Waals surface area contributed by atoms with Gasteiger partial charge in [0.1, 0.15) is 5.69 Å². The van der Waals surface area contributed by atoms with Crippen LogP contribution in [-0.2, 0) is 0 Å². The van der Waals surface area contributed by atoms with Gasteiger partial charge in [0, 0.05) is 16.1 Å². The van der Waals surface area contributed by atoms with Gasteiger partial charge in [-0.1, -0.05) is 97.1 Å². The topological polar surface area (TPSA) is 59.1 Å². The molecule has 1 amide bonds. The number of anilines is 1. The van der Waals surface area contributed by atoms with Gasteiger partial charge in [-0.25, -0.2) is 4.98 Å². The number of carbonyl (C=O) groups excluding carboxylic acids is 2. The van der Waals surface area contributed by atoms with E-state index >= 15 is 0 Å². The van der Waals surface area contributed by atoms with E-state index in [-0.39, 0.29) is 17.4 Å². The van der Waals surface area contributed by atoms with Crippen LogP contribution in [0.3, 0.4) is 0 Å². The summed E-state index contributed by atoms with van der Waals surface area (Å²) < 4.78 is 0. The number of carbonyl (C=O) groups is 2. The van der Waals surface area contributed by atoms with E-state index in [4.69, 9.17) is 0 Å². The van der Waals surface area contributed by atoms with Gasteiger partial charge in [-0.15, -0.1) is 11.3 Å². The van der Waals surface area contributed by atoms with Gasteiger partial charge in [-0.3, -0.25) is 9.59 Å². The molecule has 0 atom stereocenters. The Bertz CT molecular complexity index is 1490. The molecule has 0 aliphatic rings. The number of thiazole rings is 1. The standard InChI is InChI=1S/C30H22N2O2S/c1-20-27(29(34)31-24-18-16-22(17-19-24)21-10-4-2-5-11-21)32-30(35-20)28(33)26-15-9-8-14-25(26)23-12-6-3-7-13-23/h2-19H,1H3,(H,31,34). The van der Waals surface area contributed by atoms with Gasteiger partial charge in [0.2, 0.25) is 5.78 Å². The Balaban J connectivity index is 1.36. The summed E-state index contributed by atoms with van der Waals surface area (Å²) in [6.45, 7) is 1.81. The van der Waals surface area contributed by atoms with Crippen molar-refractivity contribution in [3.8, 4) is 22.3 Å². The van der Waals surface area contributed by atoms with Crippen molar-refractivity contribution in [3.05, 3.63) is 130 Å². The molecule has 5 heteroatoms. The largest absolute Gasteiger partial charge is 0.321 e. The first-order chi connectivity index (χ1) is 17.1. The first-order valence-electron chi connectivity index (χ1n) is 11.2. The molecule has 35 heavy (non-hydrogen) atoms. The summed E-state index contributed by atoms with van der Waals surface area (Å²) in [6.07, 6.45) is 0. The number of nitrogens with one attached hydrogen (secondary N) is 1. The molecular formula is C30H22N2O2S. The van der Waals surface area contributed by atoms with Crippen LogP contribution in [-0.4, -0.2) is 16.7 Å². The number of aryl methyl sites for hydroxylation is 1. The maximum Gasteiger partial charge on any atom is 0.275 e. The van der Waals surface area contributed by atoms with Crippen molar-refractivity contribution in [2.75, 3.05) is 5.32 Å². The van der Waals surface area contributed by atoms with Gasteiger partial charge in [0.25, 0.3) is 5.91 Å². The molecule has 0 fully saturated rings. The third-order valence-electron chi connectivity index (χ3n) is 5.71. The van der Waals surface area contributed by atoms with Crippen molar-refractivity contribution in [3.63, 3.8) is 0 Å². The lowest BCUT2D eigenvalue weighted by Crippen LogP contribution is -2.14. The number of hydrogen-bond acceptors (Lipinski definition) is 4. The fourth-order valence-electron chi connectivity index (χ4n) is 3.94. The molecule has 0 bridgehead atoms. The van der Waals surface area contributed by atoms with E-state index in [2.05, 4.69) is 10.3 Å². The number of ketones is 1. The molecule has 0 unspecified atom stereocenters. The highest BCUT2D eigenvalue weighted by molar-refractivity contribution is 7.14. The van der Waals surface area contributed by atoms with E-state index < -0.39 is 0 Å². The van der Waals surface area contributed by atoms with Crippen LogP contribution in [0.25, 0.3) is 22.3 Å². The van der Waals surface area contributed by atoms with Crippen molar-refractivity contribution < 1.29 is 9.59 Å². The fourth-order valence-corrected chi connectivity index (χ4v) is 4.80. The zero-order valence-corrected chi connectivity index (χ0v) is 19.9. The van der Waals surface area contributed by atoms with Crippen LogP contribution in [0.1, 0.15) is 30.7 Å². The predicted molar refractivity (Wildman–Crippen MR) is 142 cm³/mol. The number of rotatable bonds is 6. The second-order valence-electron chi connectivity index (χ2n) is 8.06. The summed E-state index contributed by atoms with van der Waals surface area (Å²) in [6, 6.07) is 35.0. The average molecular weight is 475 g/mol. The van der Waals surface area contributed by atoms with E-state index in [1.54, 1.807) is 6.07 Å². The molecule has 0 saturated carbocycles. The third-order valence-corrected chi connectivity index (χ3v) is 6.68. The van der Waals surface area contributed by atoms with Gasteiger partial charge >= 0.3 is 0 Å². The SMILES string of the molecule is Cc1sc(C(=O)c2ccccc2-c2ccccc2)nc1C(=O)Nc1ccc(-c2ccccc2)cc1. The van der Waals surface area contributed by atoms with Crippen LogP contribution in [0.2, 0.25) is 0 Å². The van der Waals surface area contributed by atoms with Gasteiger partial charge in [0.05, 0.1) is 0 Å². The fraction of sp³-hybridized carbons (Fsp3) is 0.0333. The van der Waals surface area contributed by atoms with E-state index in [1.165, 1.54) is 11.3 Å². The summed E-state index contributed by atoms with van der Waals surface area (Å²) in [5.74, 6) is -0.523. The monoisotopic (exact) mass is 474 g/mol. The van der Waals surface area contributed by atoms with Crippen LogP contribution in [0, 0.1) is 6.92 Å². The lowest BCUT2D eigenvalue weighted by molar-refractivity contribution is 0.102. The average Bonchev–Trinajstić information content (AvgIpc) is 3.31. The number of hydrogen-bond donors (Lipinski definition) is 1. The molecule has 0 aliphatic carbocycles. The minimum absolute atomic E-state index is 0.191. The highest BCUT2D eigenvalue weighted by atomic mass is 32.1. The lowest BCUT2D eigenvalue weighted by atomic mass is 9.97. The van der Waals surface area contributed by atoms with Crippen molar-refractivity contribution >= 4 is 28.7 Å². The van der Waals surface area contributed by atoms with Crippen LogP contribution in [0.4, 0.5) is 5.69 Å². The van der Waals surface area contributed by atoms with Crippen LogP contribution in [0.15, 0.2) is 109 Å².